The van der Waals surface area contributed by atoms with E-state index in [9.17, 15) is 0 Å². The highest BCUT2D eigenvalue weighted by atomic mass is 16.5. The average molecular weight is 267 g/mol. The average Bonchev–Trinajstić information content (AvgIpc) is 2.52. The number of benzene rings is 1. The third-order valence-electron chi connectivity index (χ3n) is 3.07. The van der Waals surface area contributed by atoms with Crippen LogP contribution in [-0.2, 0) is 0 Å². The van der Waals surface area contributed by atoms with Crippen LogP contribution in [0.4, 0.5) is 0 Å². The van der Waals surface area contributed by atoms with E-state index >= 15 is 0 Å². The lowest BCUT2D eigenvalue weighted by atomic mass is 10.1. The highest BCUT2D eigenvalue weighted by Gasteiger charge is 1.94. The molecule has 20 heavy (non-hydrogen) atoms. The quantitative estimate of drug-likeness (QED) is 0.671. The minimum Gasteiger partial charge on any atom is -0.494 e. The molecule has 0 aliphatic rings. The fraction of sp³-hybridized carbons (Fsp3) is 0.278. The zero-order chi connectivity index (χ0) is 14.0. The number of rotatable bonds is 7. The Labute approximate surface area is 121 Å². The van der Waals surface area contributed by atoms with Crippen LogP contribution in [-0.4, -0.2) is 11.6 Å². The topological polar surface area (TPSA) is 22.1 Å². The SMILES string of the molecule is CCCCCOc1ccc(/C=C/c2ccncc2)cc1. The van der Waals surface area contributed by atoms with Crippen molar-refractivity contribution in [1.82, 2.24) is 4.98 Å². The molecule has 2 aromatic rings. The molecule has 0 N–H and O–H groups in total. The van der Waals surface area contributed by atoms with Crippen molar-refractivity contribution in [2.75, 3.05) is 6.61 Å². The van der Waals surface area contributed by atoms with Crippen molar-refractivity contribution < 1.29 is 4.74 Å². The van der Waals surface area contributed by atoms with Gasteiger partial charge in [-0.2, -0.15) is 0 Å². The van der Waals surface area contributed by atoms with E-state index in [1.165, 1.54) is 18.4 Å². The Morgan fingerprint density at radius 1 is 0.900 bits per heavy atom. The number of pyridine rings is 1. The molecule has 0 radical (unpaired) electrons. The first-order valence-corrected chi connectivity index (χ1v) is 7.19. The largest absolute Gasteiger partial charge is 0.494 e. The first kappa shape index (κ1) is 14.3. The van der Waals surface area contributed by atoms with Gasteiger partial charge in [0.2, 0.25) is 0 Å². The van der Waals surface area contributed by atoms with Gasteiger partial charge in [0.05, 0.1) is 6.61 Å². The Morgan fingerprint density at radius 2 is 1.55 bits per heavy atom. The van der Waals surface area contributed by atoms with E-state index in [1.54, 1.807) is 12.4 Å². The lowest BCUT2D eigenvalue weighted by Crippen LogP contribution is -1.96. The highest BCUT2D eigenvalue weighted by molar-refractivity contribution is 5.69. The normalized spacial score (nSPS) is 10.8. The van der Waals surface area contributed by atoms with Gasteiger partial charge >= 0.3 is 0 Å². The molecule has 104 valence electrons. The smallest absolute Gasteiger partial charge is 0.119 e. The Bertz CT molecular complexity index is 517. The molecule has 0 fully saturated rings. The predicted molar refractivity (Wildman–Crippen MR) is 84.6 cm³/mol. The van der Waals surface area contributed by atoms with E-state index in [4.69, 9.17) is 4.74 Å². The van der Waals surface area contributed by atoms with Crippen LogP contribution in [0.15, 0.2) is 48.8 Å². The van der Waals surface area contributed by atoms with E-state index in [0.29, 0.717) is 0 Å². The van der Waals surface area contributed by atoms with E-state index < -0.39 is 0 Å². The van der Waals surface area contributed by atoms with Crippen molar-refractivity contribution in [3.05, 3.63) is 59.9 Å². The number of nitrogens with zero attached hydrogens (tertiary/aromatic N) is 1. The number of hydrogen-bond acceptors (Lipinski definition) is 2. The summed E-state index contributed by atoms with van der Waals surface area (Å²) in [5, 5.41) is 0. The molecule has 1 aromatic carbocycles. The maximum atomic E-state index is 5.69. The third kappa shape index (κ3) is 4.88. The van der Waals surface area contributed by atoms with Gasteiger partial charge in [-0.3, -0.25) is 4.98 Å². The Balaban J connectivity index is 1.87. The maximum absolute atomic E-state index is 5.69. The molecule has 0 amide bonds. The van der Waals surface area contributed by atoms with Crippen LogP contribution < -0.4 is 4.74 Å². The summed E-state index contributed by atoms with van der Waals surface area (Å²) >= 11 is 0. The van der Waals surface area contributed by atoms with Gasteiger partial charge in [0.15, 0.2) is 0 Å². The van der Waals surface area contributed by atoms with Crippen molar-refractivity contribution >= 4 is 12.2 Å². The molecule has 0 aliphatic carbocycles. The summed E-state index contributed by atoms with van der Waals surface area (Å²) in [6.45, 7) is 3.00. The highest BCUT2D eigenvalue weighted by Crippen LogP contribution is 2.15. The zero-order valence-electron chi connectivity index (χ0n) is 12.0. The molecule has 0 saturated heterocycles. The van der Waals surface area contributed by atoms with Gasteiger partial charge in [0, 0.05) is 12.4 Å². The zero-order valence-corrected chi connectivity index (χ0v) is 12.0. The van der Waals surface area contributed by atoms with Gasteiger partial charge in [-0.15, -0.1) is 0 Å². The fourth-order valence-electron chi connectivity index (χ4n) is 1.88. The lowest BCUT2D eigenvalue weighted by molar-refractivity contribution is 0.306. The second-order valence-electron chi connectivity index (χ2n) is 4.74. The van der Waals surface area contributed by atoms with Crippen LogP contribution in [0.2, 0.25) is 0 Å². The number of aromatic nitrogens is 1. The second-order valence-corrected chi connectivity index (χ2v) is 4.74. The fourth-order valence-corrected chi connectivity index (χ4v) is 1.88. The van der Waals surface area contributed by atoms with Crippen molar-refractivity contribution in [1.29, 1.82) is 0 Å². The molecule has 1 aromatic heterocycles. The Morgan fingerprint density at radius 3 is 2.20 bits per heavy atom. The Kier molecular flexibility index (Phi) is 5.84. The van der Waals surface area contributed by atoms with Gasteiger partial charge in [-0.05, 0) is 41.8 Å². The summed E-state index contributed by atoms with van der Waals surface area (Å²) in [5.74, 6) is 0.946. The first-order valence-electron chi connectivity index (χ1n) is 7.19. The van der Waals surface area contributed by atoms with Crippen molar-refractivity contribution in [3.63, 3.8) is 0 Å². The van der Waals surface area contributed by atoms with E-state index in [-0.39, 0.29) is 0 Å². The maximum Gasteiger partial charge on any atom is 0.119 e. The van der Waals surface area contributed by atoms with Gasteiger partial charge in [0.25, 0.3) is 0 Å². The summed E-state index contributed by atoms with van der Waals surface area (Å²) in [6.07, 6.45) is 11.4. The van der Waals surface area contributed by atoms with Crippen molar-refractivity contribution in [3.8, 4) is 5.75 Å². The molecular formula is C18H21NO. The van der Waals surface area contributed by atoms with E-state index in [0.717, 1.165) is 24.3 Å². The van der Waals surface area contributed by atoms with E-state index in [1.807, 2.05) is 24.3 Å². The van der Waals surface area contributed by atoms with Crippen LogP contribution in [0.3, 0.4) is 0 Å². The Hall–Kier alpha value is -2.09. The lowest BCUT2D eigenvalue weighted by Gasteiger charge is -2.05. The van der Waals surface area contributed by atoms with Gasteiger partial charge in [-0.25, -0.2) is 0 Å². The number of hydrogen-bond donors (Lipinski definition) is 0. The molecule has 2 heteroatoms. The van der Waals surface area contributed by atoms with Crippen LogP contribution in [0.5, 0.6) is 5.75 Å². The van der Waals surface area contributed by atoms with Gasteiger partial charge in [-0.1, -0.05) is 44.1 Å². The summed E-state index contributed by atoms with van der Waals surface area (Å²) in [4.78, 5) is 4.00. The van der Waals surface area contributed by atoms with Crippen LogP contribution >= 0.6 is 0 Å². The van der Waals surface area contributed by atoms with Crippen LogP contribution in [0.25, 0.3) is 12.2 Å². The molecule has 2 nitrogen and oxygen atoms in total. The van der Waals surface area contributed by atoms with Crippen LogP contribution in [0.1, 0.15) is 37.3 Å². The molecule has 0 atom stereocenters. The molecule has 0 bridgehead atoms. The van der Waals surface area contributed by atoms with Crippen molar-refractivity contribution in [2.24, 2.45) is 0 Å². The molecule has 1 heterocycles. The minimum absolute atomic E-state index is 0.806. The summed E-state index contributed by atoms with van der Waals surface area (Å²) in [6, 6.07) is 12.2. The molecule has 0 spiro atoms. The minimum atomic E-state index is 0.806. The second kappa shape index (κ2) is 8.16. The summed E-state index contributed by atoms with van der Waals surface area (Å²) in [5.41, 5.74) is 2.32. The number of ether oxygens (including phenoxy) is 1. The summed E-state index contributed by atoms with van der Waals surface area (Å²) < 4.78 is 5.69. The first-order chi connectivity index (χ1) is 9.88. The molecular weight excluding hydrogens is 246 g/mol. The molecule has 0 aliphatic heterocycles. The van der Waals surface area contributed by atoms with Crippen LogP contribution in [0, 0.1) is 0 Å². The van der Waals surface area contributed by atoms with Crippen molar-refractivity contribution in [2.45, 2.75) is 26.2 Å². The summed E-state index contributed by atoms with van der Waals surface area (Å²) in [7, 11) is 0. The molecule has 2 rings (SSSR count). The third-order valence-corrected chi connectivity index (χ3v) is 3.07. The van der Waals surface area contributed by atoms with Gasteiger partial charge < -0.3 is 4.74 Å². The monoisotopic (exact) mass is 267 g/mol. The van der Waals surface area contributed by atoms with E-state index in [2.05, 4.69) is 36.2 Å². The predicted octanol–water partition coefficient (Wildman–Crippen LogP) is 4.82. The standard InChI is InChI=1S/C18H21NO/c1-2-3-4-15-20-18-9-7-16(8-10-18)5-6-17-11-13-19-14-12-17/h5-14H,2-4,15H2,1H3/b6-5+. The van der Waals surface area contributed by atoms with Gasteiger partial charge in [0.1, 0.15) is 5.75 Å². The number of unbranched alkanes of at least 4 members (excludes halogenated alkanes) is 2. The molecule has 0 unspecified atom stereocenters. The molecule has 0 saturated carbocycles.